The maximum Gasteiger partial charge on any atom is 0.319 e. The number of anilines is 1. The Bertz CT molecular complexity index is 697. The zero-order valence-electron chi connectivity index (χ0n) is 17.4. The molecule has 0 saturated carbocycles. The van der Waals surface area contributed by atoms with Gasteiger partial charge in [-0.1, -0.05) is 84.9 Å². The molecule has 0 spiro atoms. The summed E-state index contributed by atoms with van der Waals surface area (Å²) >= 11 is 0. The first-order valence-corrected chi connectivity index (χ1v) is 9.35. The van der Waals surface area contributed by atoms with Crippen molar-refractivity contribution < 1.29 is 9.59 Å². The molecule has 0 saturated heterocycles. The maximum atomic E-state index is 12.2. The lowest BCUT2D eigenvalue weighted by atomic mass is 9.84. The van der Waals surface area contributed by atoms with Gasteiger partial charge in [-0.2, -0.15) is 0 Å². The van der Waals surface area contributed by atoms with Crippen LogP contribution in [-0.2, 0) is 4.79 Å². The highest BCUT2D eigenvalue weighted by Gasteiger charge is 2.30. The van der Waals surface area contributed by atoms with Crippen molar-refractivity contribution in [2.45, 2.75) is 61.4 Å². The number of ketones is 1. The van der Waals surface area contributed by atoms with Crippen LogP contribution in [0.4, 0.5) is 10.5 Å². The molecule has 1 unspecified atom stereocenters. The molecule has 26 heavy (non-hydrogen) atoms. The van der Waals surface area contributed by atoms with E-state index in [0.717, 1.165) is 16.5 Å². The summed E-state index contributed by atoms with van der Waals surface area (Å²) in [7, 11) is 0. The predicted octanol–water partition coefficient (Wildman–Crippen LogP) is 6.02. The molecule has 0 aliphatic carbocycles. The van der Waals surface area contributed by atoms with Crippen LogP contribution in [0, 0.1) is 5.41 Å². The summed E-state index contributed by atoms with van der Waals surface area (Å²) < 4.78 is 0. The van der Waals surface area contributed by atoms with Gasteiger partial charge in [0.1, 0.15) is 0 Å². The number of Topliss-reactive ketones (excluding diaryl/α,β-unsaturated/α-hetero) is 1. The molecule has 0 radical (unpaired) electrons. The van der Waals surface area contributed by atoms with E-state index in [1.807, 2.05) is 90.9 Å². The van der Waals surface area contributed by atoms with E-state index in [1.165, 1.54) is 6.92 Å². The van der Waals surface area contributed by atoms with Gasteiger partial charge < -0.3 is 10.6 Å². The van der Waals surface area contributed by atoms with Crippen LogP contribution in [-0.4, -0.2) is 17.9 Å². The number of rotatable bonds is 3. The van der Waals surface area contributed by atoms with Crippen molar-refractivity contribution in [3.05, 3.63) is 42.5 Å². The lowest BCUT2D eigenvalue weighted by molar-refractivity contribution is -0.120. The van der Waals surface area contributed by atoms with Crippen LogP contribution in [0.1, 0.15) is 55.4 Å². The Morgan fingerprint density at radius 3 is 1.96 bits per heavy atom. The average Bonchev–Trinajstić information content (AvgIpc) is 2.62. The minimum absolute atomic E-state index is 0.0550. The average molecular weight is 359 g/mol. The summed E-state index contributed by atoms with van der Waals surface area (Å²) in [6, 6.07) is 12.7. The highest BCUT2D eigenvalue weighted by molar-refractivity contribution is 6.02. The Balaban J connectivity index is 0.00000146. The normalized spacial score (nSPS) is 11.2. The van der Waals surface area contributed by atoms with Crippen molar-refractivity contribution >= 4 is 28.3 Å². The highest BCUT2D eigenvalue weighted by atomic mass is 16.2. The molecular formula is C22H34N2O2. The Labute approximate surface area is 158 Å². The second-order valence-electron chi connectivity index (χ2n) is 6.53. The number of amides is 2. The summed E-state index contributed by atoms with van der Waals surface area (Å²) in [5.41, 5.74) is 0.397. The van der Waals surface area contributed by atoms with Crippen LogP contribution in [0.25, 0.3) is 10.8 Å². The van der Waals surface area contributed by atoms with Gasteiger partial charge in [-0.25, -0.2) is 4.79 Å². The number of carbonyl (C=O) groups excluding carboxylic acids is 2. The van der Waals surface area contributed by atoms with E-state index in [2.05, 4.69) is 10.6 Å². The molecule has 2 amide bonds. The number of hydrogen-bond acceptors (Lipinski definition) is 2. The summed E-state index contributed by atoms with van der Waals surface area (Å²) in [5.74, 6) is -0.0550. The molecule has 0 heterocycles. The molecule has 0 aromatic heterocycles. The zero-order chi connectivity index (χ0) is 20.3. The number of fused-ring (bicyclic) bond motifs is 1. The van der Waals surface area contributed by atoms with Crippen LogP contribution in [0.5, 0.6) is 0 Å². The number of hydrogen-bond donors (Lipinski definition) is 2. The van der Waals surface area contributed by atoms with E-state index in [0.29, 0.717) is 0 Å². The van der Waals surface area contributed by atoms with Gasteiger partial charge in [-0.15, -0.1) is 0 Å². The van der Waals surface area contributed by atoms with Gasteiger partial charge in [0.05, 0.1) is 11.7 Å². The van der Waals surface area contributed by atoms with Crippen molar-refractivity contribution in [3.8, 4) is 0 Å². The fourth-order valence-corrected chi connectivity index (χ4v) is 2.55. The van der Waals surface area contributed by atoms with Crippen molar-refractivity contribution in [2.24, 2.45) is 5.41 Å². The van der Waals surface area contributed by atoms with Crippen molar-refractivity contribution in [3.63, 3.8) is 0 Å². The van der Waals surface area contributed by atoms with Gasteiger partial charge in [0, 0.05) is 5.39 Å². The van der Waals surface area contributed by atoms with E-state index in [9.17, 15) is 9.59 Å². The number of urea groups is 1. The van der Waals surface area contributed by atoms with E-state index in [4.69, 9.17) is 0 Å². The van der Waals surface area contributed by atoms with Gasteiger partial charge in [0.2, 0.25) is 0 Å². The topological polar surface area (TPSA) is 58.2 Å². The quantitative estimate of drug-likeness (QED) is 0.705. The number of nitrogens with one attached hydrogen (secondary N) is 2. The molecule has 0 aliphatic rings. The third-order valence-corrected chi connectivity index (χ3v) is 3.59. The van der Waals surface area contributed by atoms with Crippen LogP contribution < -0.4 is 10.6 Å². The smallest absolute Gasteiger partial charge is 0.319 e. The first-order valence-electron chi connectivity index (χ1n) is 9.35. The minimum atomic E-state index is -0.525. The molecule has 0 bridgehead atoms. The summed E-state index contributed by atoms with van der Waals surface area (Å²) in [6.45, 7) is 15.3. The summed E-state index contributed by atoms with van der Waals surface area (Å²) in [6.07, 6.45) is 0. The fraction of sp³-hybridized carbons (Fsp3) is 0.455. The standard InChI is InChI=1S/C18H22N2O2.2C2H6/c1-12(21)16(18(2,3)4)20-17(22)19-15-11-7-9-13-8-5-6-10-14(13)15;2*1-2/h5-11,16H,1-4H3,(H2,19,20,22);2*1-2H3. The van der Waals surface area contributed by atoms with Gasteiger partial charge in [-0.05, 0) is 23.8 Å². The second kappa shape index (κ2) is 11.3. The Hall–Kier alpha value is -2.36. The molecule has 0 fully saturated rings. The van der Waals surface area contributed by atoms with Gasteiger partial charge in [0.25, 0.3) is 0 Å². The SMILES string of the molecule is CC.CC.CC(=O)C(NC(=O)Nc1cccc2ccccc12)C(C)(C)C. The molecule has 1 atom stereocenters. The summed E-state index contributed by atoms with van der Waals surface area (Å²) in [4.78, 5) is 24.0. The first kappa shape index (κ1) is 23.6. The van der Waals surface area contributed by atoms with Crippen LogP contribution in [0.15, 0.2) is 42.5 Å². The summed E-state index contributed by atoms with van der Waals surface area (Å²) in [5, 5.41) is 7.63. The number of benzene rings is 2. The lowest BCUT2D eigenvalue weighted by Gasteiger charge is -2.29. The minimum Gasteiger partial charge on any atom is -0.328 e. The maximum absolute atomic E-state index is 12.2. The Kier molecular flexibility index (Phi) is 10.3. The highest BCUT2D eigenvalue weighted by Crippen LogP contribution is 2.24. The van der Waals surface area contributed by atoms with E-state index >= 15 is 0 Å². The largest absolute Gasteiger partial charge is 0.328 e. The molecule has 4 nitrogen and oxygen atoms in total. The second-order valence-corrected chi connectivity index (χ2v) is 6.53. The van der Waals surface area contributed by atoms with Gasteiger partial charge in [-0.3, -0.25) is 4.79 Å². The van der Waals surface area contributed by atoms with E-state index < -0.39 is 6.04 Å². The third-order valence-electron chi connectivity index (χ3n) is 3.59. The third kappa shape index (κ3) is 6.87. The molecule has 2 N–H and O–H groups in total. The van der Waals surface area contributed by atoms with Crippen LogP contribution in [0.2, 0.25) is 0 Å². The molecule has 4 heteroatoms. The molecule has 2 aromatic rings. The Morgan fingerprint density at radius 1 is 0.885 bits per heavy atom. The molecule has 0 aliphatic heterocycles. The first-order chi connectivity index (χ1) is 12.3. The lowest BCUT2D eigenvalue weighted by Crippen LogP contribution is -2.49. The van der Waals surface area contributed by atoms with E-state index in [1.54, 1.807) is 0 Å². The van der Waals surface area contributed by atoms with Crippen LogP contribution >= 0.6 is 0 Å². The van der Waals surface area contributed by atoms with Crippen molar-refractivity contribution in [2.75, 3.05) is 5.32 Å². The zero-order valence-corrected chi connectivity index (χ0v) is 17.4. The van der Waals surface area contributed by atoms with Crippen LogP contribution in [0.3, 0.4) is 0 Å². The van der Waals surface area contributed by atoms with Gasteiger partial charge in [0.15, 0.2) is 5.78 Å². The van der Waals surface area contributed by atoms with Gasteiger partial charge >= 0.3 is 6.03 Å². The number of carbonyl (C=O) groups is 2. The molecule has 2 aromatic carbocycles. The predicted molar refractivity (Wildman–Crippen MR) is 113 cm³/mol. The fourth-order valence-electron chi connectivity index (χ4n) is 2.55. The molecule has 144 valence electrons. The monoisotopic (exact) mass is 358 g/mol. The van der Waals surface area contributed by atoms with Crippen molar-refractivity contribution in [1.82, 2.24) is 5.32 Å². The van der Waals surface area contributed by atoms with E-state index in [-0.39, 0.29) is 17.2 Å². The molecular weight excluding hydrogens is 324 g/mol. The van der Waals surface area contributed by atoms with Crippen molar-refractivity contribution in [1.29, 1.82) is 0 Å². The Morgan fingerprint density at radius 2 is 1.42 bits per heavy atom. The molecule has 2 rings (SSSR count).